The van der Waals surface area contributed by atoms with E-state index in [1.807, 2.05) is 13.0 Å². The first-order chi connectivity index (χ1) is 9.10. The third-order valence-corrected chi connectivity index (χ3v) is 3.70. The van der Waals surface area contributed by atoms with Crippen molar-refractivity contribution in [2.75, 3.05) is 18.0 Å². The van der Waals surface area contributed by atoms with E-state index in [4.69, 9.17) is 17.3 Å². The molecule has 1 aromatic rings. The zero-order valence-corrected chi connectivity index (χ0v) is 13.2. The van der Waals surface area contributed by atoms with Gasteiger partial charge in [-0.25, -0.2) is 0 Å². The second kappa shape index (κ2) is 8.44. The summed E-state index contributed by atoms with van der Waals surface area (Å²) in [5.74, 6) is 0. The second-order valence-corrected chi connectivity index (χ2v) is 5.60. The number of anilines is 1. The van der Waals surface area contributed by atoms with Crippen molar-refractivity contribution in [3.8, 4) is 0 Å². The highest BCUT2D eigenvalue weighted by molar-refractivity contribution is 6.33. The van der Waals surface area contributed by atoms with Gasteiger partial charge in [0.05, 0.1) is 10.7 Å². The van der Waals surface area contributed by atoms with Crippen LogP contribution in [-0.2, 0) is 0 Å². The maximum atomic E-state index is 6.43. The lowest BCUT2D eigenvalue weighted by molar-refractivity contribution is 0.678. The lowest BCUT2D eigenvalue weighted by Gasteiger charge is -2.26. The number of rotatable bonds is 8. The fraction of sp³-hybridized carbons (Fsp3) is 0.625. The molecule has 0 aliphatic rings. The highest BCUT2D eigenvalue weighted by Gasteiger charge is 2.11. The summed E-state index contributed by atoms with van der Waals surface area (Å²) in [6.45, 7) is 8.58. The summed E-state index contributed by atoms with van der Waals surface area (Å²) in [6.07, 6.45) is 4.82. The van der Waals surface area contributed by atoms with Gasteiger partial charge in [0.2, 0.25) is 0 Å². The topological polar surface area (TPSA) is 29.3 Å². The first-order valence-corrected chi connectivity index (χ1v) is 7.77. The molecule has 108 valence electrons. The van der Waals surface area contributed by atoms with Gasteiger partial charge in [0.25, 0.3) is 0 Å². The molecular formula is C16H27ClN2. The van der Waals surface area contributed by atoms with Crippen LogP contribution in [0.25, 0.3) is 0 Å². The van der Waals surface area contributed by atoms with Gasteiger partial charge in [0.1, 0.15) is 0 Å². The normalized spacial score (nSPS) is 12.5. The average molecular weight is 283 g/mol. The molecule has 1 rings (SSSR count). The lowest BCUT2D eigenvalue weighted by atomic mass is 10.1. The quantitative estimate of drug-likeness (QED) is 0.744. The zero-order valence-electron chi connectivity index (χ0n) is 12.5. The van der Waals surface area contributed by atoms with Gasteiger partial charge in [0, 0.05) is 19.1 Å². The number of benzene rings is 1. The van der Waals surface area contributed by atoms with Gasteiger partial charge in [-0.3, -0.25) is 0 Å². The number of hydrogen-bond donors (Lipinski definition) is 1. The van der Waals surface area contributed by atoms with Crippen molar-refractivity contribution in [3.63, 3.8) is 0 Å². The summed E-state index contributed by atoms with van der Waals surface area (Å²) in [6, 6.07) is 6.25. The highest BCUT2D eigenvalue weighted by atomic mass is 35.5. The first-order valence-electron chi connectivity index (χ1n) is 7.40. The third kappa shape index (κ3) is 5.04. The summed E-state index contributed by atoms with van der Waals surface area (Å²) in [4.78, 5) is 2.40. The van der Waals surface area contributed by atoms with Crippen LogP contribution in [0.4, 0.5) is 5.69 Å². The van der Waals surface area contributed by atoms with Gasteiger partial charge in [-0.05, 0) is 37.5 Å². The average Bonchev–Trinajstić information content (AvgIpc) is 2.39. The maximum Gasteiger partial charge on any atom is 0.0642 e. The molecule has 2 nitrogen and oxygen atoms in total. The predicted octanol–water partition coefficient (Wildman–Crippen LogP) is 4.77. The van der Waals surface area contributed by atoms with Gasteiger partial charge in [-0.2, -0.15) is 0 Å². The van der Waals surface area contributed by atoms with E-state index in [9.17, 15) is 0 Å². The Balaban J connectivity index is 2.87. The Hall–Kier alpha value is -0.730. The van der Waals surface area contributed by atoms with Gasteiger partial charge in [-0.1, -0.05) is 44.4 Å². The van der Waals surface area contributed by atoms with Crippen LogP contribution in [0, 0.1) is 0 Å². The summed E-state index contributed by atoms with van der Waals surface area (Å²) < 4.78 is 0. The molecule has 0 amide bonds. The minimum Gasteiger partial charge on any atom is -0.370 e. The molecule has 0 unspecified atom stereocenters. The largest absolute Gasteiger partial charge is 0.370 e. The minimum atomic E-state index is 0.0336. The molecule has 0 aliphatic heterocycles. The molecular weight excluding hydrogens is 256 g/mol. The molecule has 0 aliphatic carbocycles. The van der Waals surface area contributed by atoms with E-state index in [-0.39, 0.29) is 6.04 Å². The molecule has 1 aromatic carbocycles. The molecule has 3 heteroatoms. The van der Waals surface area contributed by atoms with Crippen molar-refractivity contribution in [1.82, 2.24) is 0 Å². The first kappa shape index (κ1) is 16.3. The smallest absolute Gasteiger partial charge is 0.0642 e. The van der Waals surface area contributed by atoms with Crippen LogP contribution >= 0.6 is 11.6 Å². The monoisotopic (exact) mass is 282 g/mol. The van der Waals surface area contributed by atoms with Crippen LogP contribution in [0.5, 0.6) is 0 Å². The van der Waals surface area contributed by atoms with Crippen molar-refractivity contribution < 1.29 is 0 Å². The number of nitrogens with two attached hydrogens (primary N) is 1. The fourth-order valence-electron chi connectivity index (χ4n) is 2.11. The van der Waals surface area contributed by atoms with Crippen molar-refractivity contribution in [1.29, 1.82) is 0 Å². The van der Waals surface area contributed by atoms with E-state index in [0.29, 0.717) is 0 Å². The molecule has 0 aromatic heterocycles. The molecule has 1 atom stereocenters. The summed E-state index contributed by atoms with van der Waals surface area (Å²) in [7, 11) is 0. The number of halogens is 1. The summed E-state index contributed by atoms with van der Waals surface area (Å²) >= 11 is 6.43. The second-order valence-electron chi connectivity index (χ2n) is 5.19. The number of unbranched alkanes of at least 4 members (excludes halogenated alkanes) is 2. The maximum absolute atomic E-state index is 6.43. The van der Waals surface area contributed by atoms with Crippen LogP contribution < -0.4 is 10.6 Å². The van der Waals surface area contributed by atoms with Crippen LogP contribution in [0.3, 0.4) is 0 Å². The van der Waals surface area contributed by atoms with E-state index >= 15 is 0 Å². The molecule has 0 heterocycles. The molecule has 0 saturated carbocycles. The predicted molar refractivity (Wildman–Crippen MR) is 86.1 cm³/mol. The molecule has 0 bridgehead atoms. The standard InChI is InChI=1S/C16H27ClN2/c1-4-6-10-19(11-7-5-2)16-9-8-14(13(3)18)12-15(16)17/h8-9,12-13H,4-7,10-11,18H2,1-3H3/t13-/m0/s1. The van der Waals surface area contributed by atoms with E-state index in [1.54, 1.807) is 0 Å². The highest BCUT2D eigenvalue weighted by Crippen LogP contribution is 2.29. The Morgan fingerprint density at radius 1 is 1.16 bits per heavy atom. The SMILES string of the molecule is CCCCN(CCCC)c1ccc([C@H](C)N)cc1Cl. The molecule has 0 saturated heterocycles. The number of nitrogens with zero attached hydrogens (tertiary/aromatic N) is 1. The van der Waals surface area contributed by atoms with Crippen molar-refractivity contribution in [2.24, 2.45) is 5.73 Å². The van der Waals surface area contributed by atoms with Crippen molar-refractivity contribution in [3.05, 3.63) is 28.8 Å². The van der Waals surface area contributed by atoms with Gasteiger partial charge < -0.3 is 10.6 Å². The van der Waals surface area contributed by atoms with Crippen molar-refractivity contribution in [2.45, 2.75) is 52.5 Å². The lowest BCUT2D eigenvalue weighted by Crippen LogP contribution is -2.26. The Labute approximate surface area is 122 Å². The summed E-state index contributed by atoms with van der Waals surface area (Å²) in [5.41, 5.74) is 8.14. The third-order valence-electron chi connectivity index (χ3n) is 3.40. The Morgan fingerprint density at radius 3 is 2.16 bits per heavy atom. The van der Waals surface area contributed by atoms with Crippen LogP contribution in [0.1, 0.15) is 58.1 Å². The van der Waals surface area contributed by atoms with E-state index in [1.165, 1.54) is 25.7 Å². The Bertz CT molecular complexity index is 369. The van der Waals surface area contributed by atoms with Crippen LogP contribution in [0.15, 0.2) is 18.2 Å². The summed E-state index contributed by atoms with van der Waals surface area (Å²) in [5, 5.41) is 0.821. The van der Waals surface area contributed by atoms with E-state index in [2.05, 4.69) is 30.9 Å². The minimum absolute atomic E-state index is 0.0336. The Morgan fingerprint density at radius 2 is 1.74 bits per heavy atom. The Kier molecular flexibility index (Phi) is 7.25. The zero-order chi connectivity index (χ0) is 14.3. The number of hydrogen-bond acceptors (Lipinski definition) is 2. The fourth-order valence-corrected chi connectivity index (χ4v) is 2.42. The van der Waals surface area contributed by atoms with Crippen LogP contribution in [0.2, 0.25) is 5.02 Å². The van der Waals surface area contributed by atoms with E-state index in [0.717, 1.165) is 29.4 Å². The van der Waals surface area contributed by atoms with E-state index < -0.39 is 0 Å². The van der Waals surface area contributed by atoms with Gasteiger partial charge in [-0.15, -0.1) is 0 Å². The molecule has 19 heavy (non-hydrogen) atoms. The van der Waals surface area contributed by atoms with Crippen molar-refractivity contribution >= 4 is 17.3 Å². The molecule has 0 spiro atoms. The molecule has 0 fully saturated rings. The van der Waals surface area contributed by atoms with Gasteiger partial charge >= 0.3 is 0 Å². The molecule has 0 radical (unpaired) electrons. The van der Waals surface area contributed by atoms with Crippen LogP contribution in [-0.4, -0.2) is 13.1 Å². The molecule has 2 N–H and O–H groups in total. The van der Waals surface area contributed by atoms with Gasteiger partial charge in [0.15, 0.2) is 0 Å².